The average Bonchev–Trinajstić information content (AvgIpc) is 3.27. The highest BCUT2D eigenvalue weighted by atomic mass is 32.1. The first-order chi connectivity index (χ1) is 14.6. The van der Waals surface area contributed by atoms with Crippen LogP contribution in [0.3, 0.4) is 0 Å². The molecule has 2 heterocycles. The quantitative estimate of drug-likeness (QED) is 0.604. The molecule has 0 spiro atoms. The van der Waals surface area contributed by atoms with Gasteiger partial charge >= 0.3 is 0 Å². The highest BCUT2D eigenvalue weighted by Gasteiger charge is 2.30. The molecule has 3 aromatic rings. The van der Waals surface area contributed by atoms with Crippen LogP contribution in [-0.4, -0.2) is 28.9 Å². The molecule has 0 radical (unpaired) electrons. The number of benzene rings is 2. The van der Waals surface area contributed by atoms with Crippen molar-refractivity contribution < 1.29 is 9.18 Å². The summed E-state index contributed by atoms with van der Waals surface area (Å²) in [7, 11) is 0. The molecular formula is C24H26FN3OS. The predicted molar refractivity (Wildman–Crippen MR) is 119 cm³/mol. The summed E-state index contributed by atoms with van der Waals surface area (Å²) in [5.74, 6) is 0.116. The minimum absolute atomic E-state index is 0.0136. The van der Waals surface area contributed by atoms with Gasteiger partial charge in [-0.3, -0.25) is 9.69 Å². The van der Waals surface area contributed by atoms with E-state index in [0.717, 1.165) is 48.6 Å². The minimum Gasteiger partial charge on any atom is -0.347 e. The molecule has 2 atom stereocenters. The van der Waals surface area contributed by atoms with Gasteiger partial charge in [-0.1, -0.05) is 36.4 Å². The van der Waals surface area contributed by atoms with Gasteiger partial charge in [0.15, 0.2) is 0 Å². The van der Waals surface area contributed by atoms with Crippen molar-refractivity contribution in [1.29, 1.82) is 0 Å². The summed E-state index contributed by atoms with van der Waals surface area (Å²) >= 11 is 1.60. The van der Waals surface area contributed by atoms with E-state index in [1.54, 1.807) is 36.6 Å². The van der Waals surface area contributed by atoms with E-state index in [1.807, 2.05) is 11.4 Å². The second-order valence-electron chi connectivity index (χ2n) is 7.89. The van der Waals surface area contributed by atoms with Crippen LogP contribution in [0.25, 0.3) is 11.1 Å². The molecule has 4 rings (SSSR count). The Balaban J connectivity index is 1.43. The second kappa shape index (κ2) is 9.49. The third-order valence-electron chi connectivity index (χ3n) is 5.61. The molecule has 1 N–H and O–H groups in total. The highest BCUT2D eigenvalue weighted by Crippen LogP contribution is 2.31. The monoisotopic (exact) mass is 423 g/mol. The van der Waals surface area contributed by atoms with Crippen molar-refractivity contribution in [2.24, 2.45) is 5.92 Å². The zero-order valence-electron chi connectivity index (χ0n) is 17.1. The molecule has 156 valence electrons. The fraction of sp³-hybridized carbons (Fsp3) is 0.333. The molecule has 4 nitrogen and oxygen atoms in total. The van der Waals surface area contributed by atoms with Crippen LogP contribution in [0.4, 0.5) is 4.39 Å². The molecule has 0 bridgehead atoms. The van der Waals surface area contributed by atoms with Gasteiger partial charge in [0.1, 0.15) is 10.8 Å². The van der Waals surface area contributed by atoms with Gasteiger partial charge in [0.2, 0.25) is 5.91 Å². The van der Waals surface area contributed by atoms with Gasteiger partial charge in [-0.15, -0.1) is 11.3 Å². The van der Waals surface area contributed by atoms with Crippen LogP contribution >= 0.6 is 11.3 Å². The summed E-state index contributed by atoms with van der Waals surface area (Å²) in [5, 5.41) is 6.06. The SMILES string of the molecule is CC(=O)N[C@H](c1nccs1)[C@@H]1CCCN(Cc2ccc(-c3cccc(F)c3)cc2)C1. The Labute approximate surface area is 180 Å². The van der Waals surface area contributed by atoms with Gasteiger partial charge in [0.25, 0.3) is 0 Å². The lowest BCUT2D eigenvalue weighted by Crippen LogP contribution is -2.42. The van der Waals surface area contributed by atoms with E-state index in [2.05, 4.69) is 39.5 Å². The van der Waals surface area contributed by atoms with Crippen LogP contribution in [-0.2, 0) is 11.3 Å². The number of aromatic nitrogens is 1. The van der Waals surface area contributed by atoms with Crippen molar-refractivity contribution in [1.82, 2.24) is 15.2 Å². The fourth-order valence-electron chi connectivity index (χ4n) is 4.22. The number of halogens is 1. The molecule has 1 aliphatic rings. The van der Waals surface area contributed by atoms with Gasteiger partial charge < -0.3 is 5.32 Å². The molecule has 1 saturated heterocycles. The number of amides is 1. The van der Waals surface area contributed by atoms with Crippen molar-refractivity contribution in [3.05, 3.63) is 76.5 Å². The normalized spacial score (nSPS) is 18.1. The maximum Gasteiger partial charge on any atom is 0.217 e. The molecule has 2 aromatic carbocycles. The van der Waals surface area contributed by atoms with Crippen LogP contribution < -0.4 is 5.32 Å². The van der Waals surface area contributed by atoms with Gasteiger partial charge in [-0.2, -0.15) is 0 Å². The van der Waals surface area contributed by atoms with E-state index >= 15 is 0 Å². The number of thiazole rings is 1. The smallest absolute Gasteiger partial charge is 0.217 e. The zero-order chi connectivity index (χ0) is 20.9. The van der Waals surface area contributed by atoms with Crippen molar-refractivity contribution in [2.75, 3.05) is 13.1 Å². The van der Waals surface area contributed by atoms with Gasteiger partial charge in [0.05, 0.1) is 6.04 Å². The van der Waals surface area contributed by atoms with Crippen molar-refractivity contribution in [2.45, 2.75) is 32.4 Å². The van der Waals surface area contributed by atoms with E-state index in [0.29, 0.717) is 5.92 Å². The summed E-state index contributed by atoms with van der Waals surface area (Å²) in [6.07, 6.45) is 3.99. The maximum absolute atomic E-state index is 13.5. The number of hydrogen-bond donors (Lipinski definition) is 1. The molecule has 0 saturated carbocycles. The Bertz CT molecular complexity index is 974. The molecule has 6 heteroatoms. The largest absolute Gasteiger partial charge is 0.347 e. The fourth-order valence-corrected chi connectivity index (χ4v) is 5.00. The molecular weight excluding hydrogens is 397 g/mol. The third-order valence-corrected chi connectivity index (χ3v) is 6.47. The van der Waals surface area contributed by atoms with E-state index in [4.69, 9.17) is 0 Å². The lowest BCUT2D eigenvalue weighted by molar-refractivity contribution is -0.120. The molecule has 30 heavy (non-hydrogen) atoms. The van der Waals surface area contributed by atoms with Crippen LogP contribution in [0, 0.1) is 11.7 Å². The van der Waals surface area contributed by atoms with Crippen LogP contribution in [0.1, 0.15) is 36.4 Å². The average molecular weight is 424 g/mol. The van der Waals surface area contributed by atoms with Crippen LogP contribution in [0.15, 0.2) is 60.1 Å². The van der Waals surface area contributed by atoms with E-state index in [1.165, 1.54) is 11.6 Å². The van der Waals surface area contributed by atoms with E-state index < -0.39 is 0 Å². The Morgan fingerprint density at radius 2 is 2.10 bits per heavy atom. The van der Waals surface area contributed by atoms with E-state index in [-0.39, 0.29) is 17.8 Å². The number of nitrogens with one attached hydrogen (secondary N) is 1. The summed E-state index contributed by atoms with van der Waals surface area (Å²) in [5.41, 5.74) is 3.14. The standard InChI is InChI=1S/C24H26FN3OS/c1-17(29)27-23(24-26-11-13-30-24)21-5-3-12-28(16-21)15-18-7-9-19(10-8-18)20-4-2-6-22(25)14-20/h2,4,6-11,13-14,21,23H,3,5,12,15-16H2,1H3,(H,27,29)/t21-,23+/m1/s1. The maximum atomic E-state index is 13.5. The number of carbonyl (C=O) groups is 1. The van der Waals surface area contributed by atoms with Gasteiger partial charge in [0, 0.05) is 31.6 Å². The predicted octanol–water partition coefficient (Wildman–Crippen LogP) is 5.04. The zero-order valence-corrected chi connectivity index (χ0v) is 17.9. The van der Waals surface area contributed by atoms with Gasteiger partial charge in [-0.25, -0.2) is 9.37 Å². The first-order valence-corrected chi connectivity index (χ1v) is 11.2. The number of hydrogen-bond acceptors (Lipinski definition) is 4. The first kappa shape index (κ1) is 20.7. The molecule has 1 fully saturated rings. The summed E-state index contributed by atoms with van der Waals surface area (Å²) in [6, 6.07) is 15.0. The minimum atomic E-state index is -0.218. The lowest BCUT2D eigenvalue weighted by Gasteiger charge is -2.36. The number of nitrogens with zero attached hydrogens (tertiary/aromatic N) is 2. The highest BCUT2D eigenvalue weighted by molar-refractivity contribution is 7.09. The summed E-state index contributed by atoms with van der Waals surface area (Å²) in [6.45, 7) is 4.41. The molecule has 1 aliphatic heterocycles. The van der Waals surface area contributed by atoms with Crippen molar-refractivity contribution in [3.8, 4) is 11.1 Å². The first-order valence-electron chi connectivity index (χ1n) is 10.3. The molecule has 1 aromatic heterocycles. The molecule has 1 amide bonds. The van der Waals surface area contributed by atoms with Crippen LogP contribution in [0.2, 0.25) is 0 Å². The van der Waals surface area contributed by atoms with Gasteiger partial charge in [-0.05, 0) is 54.1 Å². The number of rotatable bonds is 6. The Hall–Kier alpha value is -2.57. The number of carbonyl (C=O) groups excluding carboxylic acids is 1. The Kier molecular flexibility index (Phi) is 6.55. The van der Waals surface area contributed by atoms with Crippen molar-refractivity contribution >= 4 is 17.2 Å². The van der Waals surface area contributed by atoms with Crippen molar-refractivity contribution in [3.63, 3.8) is 0 Å². The number of piperidine rings is 1. The summed E-state index contributed by atoms with van der Waals surface area (Å²) < 4.78 is 13.5. The number of likely N-dealkylation sites (tertiary alicyclic amines) is 1. The topological polar surface area (TPSA) is 45.2 Å². The second-order valence-corrected chi connectivity index (χ2v) is 8.82. The molecule has 0 unspecified atom stereocenters. The molecule has 0 aliphatic carbocycles. The Morgan fingerprint density at radius 1 is 1.27 bits per heavy atom. The van der Waals surface area contributed by atoms with E-state index in [9.17, 15) is 9.18 Å². The van der Waals surface area contributed by atoms with Crippen LogP contribution in [0.5, 0.6) is 0 Å². The third kappa shape index (κ3) is 5.12. The Morgan fingerprint density at radius 3 is 2.80 bits per heavy atom. The lowest BCUT2D eigenvalue weighted by atomic mass is 9.90. The summed E-state index contributed by atoms with van der Waals surface area (Å²) in [4.78, 5) is 18.7.